The van der Waals surface area contributed by atoms with Crippen molar-refractivity contribution in [3.63, 3.8) is 0 Å². The molecule has 34 heavy (non-hydrogen) atoms. The maximum absolute atomic E-state index is 13.4. The Labute approximate surface area is 208 Å². The maximum Gasteiger partial charge on any atom is 0.310 e. The highest BCUT2D eigenvalue weighted by Gasteiger charge is 2.63. The fraction of sp³-hybridized carbons (Fsp3) is 0.933. The molecule has 4 saturated carbocycles. The number of aliphatic carboxylic acids is 1. The van der Waals surface area contributed by atoms with E-state index in [4.69, 9.17) is 4.74 Å². The lowest BCUT2D eigenvalue weighted by atomic mass is 9.59. The minimum Gasteiger partial charge on any atom is -0.481 e. The summed E-state index contributed by atoms with van der Waals surface area (Å²) in [6.07, 6.45) is 9.68. The highest BCUT2D eigenvalue weighted by molar-refractivity contribution is 5.83. The molecule has 4 fully saturated rings. The van der Waals surface area contributed by atoms with Gasteiger partial charge in [0.25, 0.3) is 0 Å². The van der Waals surface area contributed by atoms with Crippen molar-refractivity contribution in [1.82, 2.24) is 0 Å². The van der Waals surface area contributed by atoms with Crippen LogP contribution < -0.4 is 0 Å². The first-order valence-corrected chi connectivity index (χ1v) is 14.5. The van der Waals surface area contributed by atoms with Crippen molar-refractivity contribution >= 4 is 11.9 Å². The molecular weight excluding hydrogens is 424 g/mol. The molecule has 4 rings (SSSR count). The van der Waals surface area contributed by atoms with E-state index in [9.17, 15) is 14.7 Å². The SMILES string of the molecule is CCC1C2CC(C(C(=O)O)C2C(=O)OCC2CC3CCCC(C3)C2)C1C(C)C(C(C)C)C(C)C. The molecule has 0 saturated heterocycles. The molecular formula is C30H50O4. The maximum atomic E-state index is 13.4. The minimum absolute atomic E-state index is 0.106. The van der Waals surface area contributed by atoms with Crippen molar-refractivity contribution in [3.05, 3.63) is 0 Å². The van der Waals surface area contributed by atoms with E-state index in [1.165, 1.54) is 38.5 Å². The Morgan fingerprint density at radius 2 is 1.50 bits per heavy atom. The zero-order valence-corrected chi connectivity index (χ0v) is 22.5. The average molecular weight is 475 g/mol. The number of carboxylic acids is 1. The first-order chi connectivity index (χ1) is 16.1. The second kappa shape index (κ2) is 10.5. The molecule has 9 unspecified atom stereocenters. The number of carbonyl (C=O) groups is 2. The predicted molar refractivity (Wildman–Crippen MR) is 135 cm³/mol. The summed E-state index contributed by atoms with van der Waals surface area (Å²) in [7, 11) is 0. The van der Waals surface area contributed by atoms with Crippen molar-refractivity contribution in [3.8, 4) is 0 Å². The third-order valence-electron chi connectivity index (χ3n) is 10.9. The Morgan fingerprint density at radius 3 is 2.03 bits per heavy atom. The molecule has 0 amide bonds. The molecule has 4 heteroatoms. The van der Waals surface area contributed by atoms with Crippen molar-refractivity contribution in [2.75, 3.05) is 6.61 Å². The van der Waals surface area contributed by atoms with E-state index in [1.54, 1.807) is 0 Å². The van der Waals surface area contributed by atoms with Crippen LogP contribution in [0.2, 0.25) is 0 Å². The van der Waals surface area contributed by atoms with Crippen LogP contribution in [0, 0.1) is 76.9 Å². The standard InChI is InChI=1S/C30H50O4/c1-7-22-23-14-24(26(22)18(6)25(16(2)3)17(4)5)27(29(31)32)28(23)30(33)34-15-21-12-19-9-8-10-20(11-19)13-21/h16-28H,7-15H2,1-6H3,(H,31,32). The van der Waals surface area contributed by atoms with Crippen LogP contribution in [-0.2, 0) is 14.3 Å². The van der Waals surface area contributed by atoms with Gasteiger partial charge in [-0.15, -0.1) is 0 Å². The van der Waals surface area contributed by atoms with Crippen molar-refractivity contribution < 1.29 is 19.4 Å². The van der Waals surface area contributed by atoms with Crippen LogP contribution in [0.3, 0.4) is 0 Å². The molecule has 0 heterocycles. The smallest absolute Gasteiger partial charge is 0.310 e. The van der Waals surface area contributed by atoms with Crippen molar-refractivity contribution in [2.45, 2.75) is 92.9 Å². The van der Waals surface area contributed by atoms with Crippen LogP contribution in [0.5, 0.6) is 0 Å². The molecule has 4 aliphatic rings. The Kier molecular flexibility index (Phi) is 8.04. The monoisotopic (exact) mass is 474 g/mol. The number of carboxylic acid groups (broad SMARTS) is 1. The Balaban J connectivity index is 1.47. The summed E-state index contributed by atoms with van der Waals surface area (Å²) < 4.78 is 5.97. The summed E-state index contributed by atoms with van der Waals surface area (Å²) in [5.41, 5.74) is 0. The number of hydrogen-bond acceptors (Lipinski definition) is 3. The van der Waals surface area contributed by atoms with Crippen LogP contribution in [0.4, 0.5) is 0 Å². The molecule has 1 N–H and O–H groups in total. The second-order valence-corrected chi connectivity index (χ2v) is 13.4. The van der Waals surface area contributed by atoms with E-state index < -0.39 is 17.8 Å². The van der Waals surface area contributed by atoms with Crippen LogP contribution in [0.25, 0.3) is 0 Å². The summed E-state index contributed by atoms with van der Waals surface area (Å²) in [5.74, 6) is 3.39. The largest absolute Gasteiger partial charge is 0.481 e. The first-order valence-electron chi connectivity index (χ1n) is 14.5. The molecule has 9 atom stereocenters. The van der Waals surface area contributed by atoms with E-state index in [2.05, 4.69) is 41.5 Å². The lowest BCUT2D eigenvalue weighted by Gasteiger charge is -2.45. The van der Waals surface area contributed by atoms with Crippen LogP contribution >= 0.6 is 0 Å². The summed E-state index contributed by atoms with van der Waals surface area (Å²) in [4.78, 5) is 26.0. The van der Waals surface area contributed by atoms with Gasteiger partial charge in [-0.2, -0.15) is 0 Å². The molecule has 0 spiro atoms. The van der Waals surface area contributed by atoms with E-state index in [1.807, 2.05) is 0 Å². The molecule has 0 radical (unpaired) electrons. The molecule has 0 aromatic rings. The van der Waals surface area contributed by atoms with Crippen molar-refractivity contribution in [2.24, 2.45) is 76.9 Å². The summed E-state index contributed by atoms with van der Waals surface area (Å²) in [6.45, 7) is 14.3. The lowest BCUT2D eigenvalue weighted by Crippen LogP contribution is -2.46. The number of carbonyl (C=O) groups excluding carboxylic acids is 1. The molecule has 4 bridgehead atoms. The fourth-order valence-electron chi connectivity index (χ4n) is 10.1. The number of hydrogen-bond donors (Lipinski definition) is 1. The van der Waals surface area contributed by atoms with Gasteiger partial charge in [0, 0.05) is 0 Å². The number of esters is 1. The third kappa shape index (κ3) is 4.81. The molecule has 4 aliphatic carbocycles. The quantitative estimate of drug-likeness (QED) is 0.368. The third-order valence-corrected chi connectivity index (χ3v) is 10.9. The fourth-order valence-corrected chi connectivity index (χ4v) is 10.1. The van der Waals surface area contributed by atoms with E-state index >= 15 is 0 Å². The van der Waals surface area contributed by atoms with Crippen LogP contribution in [0.1, 0.15) is 92.9 Å². The van der Waals surface area contributed by atoms with Gasteiger partial charge in [0.05, 0.1) is 18.4 Å². The van der Waals surface area contributed by atoms with Gasteiger partial charge in [-0.1, -0.05) is 67.2 Å². The van der Waals surface area contributed by atoms with E-state index in [0.29, 0.717) is 48.0 Å². The van der Waals surface area contributed by atoms with Gasteiger partial charge in [0.1, 0.15) is 0 Å². The average Bonchev–Trinajstić information content (AvgIpc) is 3.32. The Morgan fingerprint density at radius 1 is 0.882 bits per heavy atom. The van der Waals surface area contributed by atoms with Gasteiger partial charge in [-0.3, -0.25) is 9.59 Å². The highest BCUT2D eigenvalue weighted by Crippen LogP contribution is 2.63. The zero-order chi connectivity index (χ0) is 24.7. The van der Waals surface area contributed by atoms with Gasteiger partial charge < -0.3 is 9.84 Å². The molecule has 194 valence electrons. The summed E-state index contributed by atoms with van der Waals surface area (Å²) in [6, 6.07) is 0. The van der Waals surface area contributed by atoms with E-state index in [-0.39, 0.29) is 17.8 Å². The van der Waals surface area contributed by atoms with Gasteiger partial charge >= 0.3 is 11.9 Å². The van der Waals surface area contributed by atoms with Crippen LogP contribution in [0.15, 0.2) is 0 Å². The summed E-state index contributed by atoms with van der Waals surface area (Å²) in [5, 5.41) is 10.3. The number of ether oxygens (including phenoxy) is 1. The Bertz CT molecular complexity index is 709. The lowest BCUT2D eigenvalue weighted by molar-refractivity contribution is -0.165. The highest BCUT2D eigenvalue weighted by atomic mass is 16.5. The number of fused-ring (bicyclic) bond motifs is 4. The molecule has 0 aliphatic heterocycles. The summed E-state index contributed by atoms with van der Waals surface area (Å²) >= 11 is 0. The second-order valence-electron chi connectivity index (χ2n) is 13.4. The molecule has 0 aromatic heterocycles. The van der Waals surface area contributed by atoms with Crippen molar-refractivity contribution in [1.29, 1.82) is 0 Å². The normalized spacial score (nSPS) is 40.2. The predicted octanol–water partition coefficient (Wildman–Crippen LogP) is 6.92. The van der Waals surface area contributed by atoms with Gasteiger partial charge in [-0.05, 0) is 90.8 Å². The van der Waals surface area contributed by atoms with Gasteiger partial charge in [0.15, 0.2) is 0 Å². The minimum atomic E-state index is -0.779. The van der Waals surface area contributed by atoms with Crippen LogP contribution in [-0.4, -0.2) is 23.7 Å². The zero-order valence-electron chi connectivity index (χ0n) is 22.5. The molecule has 4 nitrogen and oxygen atoms in total. The topological polar surface area (TPSA) is 63.6 Å². The van der Waals surface area contributed by atoms with E-state index in [0.717, 1.165) is 24.7 Å². The van der Waals surface area contributed by atoms with Gasteiger partial charge in [-0.25, -0.2) is 0 Å². The number of rotatable bonds is 9. The molecule has 0 aromatic carbocycles. The Hall–Kier alpha value is -1.06. The van der Waals surface area contributed by atoms with Gasteiger partial charge in [0.2, 0.25) is 0 Å². The first kappa shape index (κ1) is 26.0.